The number of hydrogen-bond acceptors (Lipinski definition) is 8. The van der Waals surface area contributed by atoms with Crippen LogP contribution in [-0.4, -0.2) is 85.5 Å². The van der Waals surface area contributed by atoms with Crippen molar-refractivity contribution >= 4 is 17.8 Å². The van der Waals surface area contributed by atoms with E-state index in [0.717, 1.165) is 46.9 Å². The number of urea groups is 1. The van der Waals surface area contributed by atoms with Gasteiger partial charge < -0.3 is 41.3 Å². The number of nitrogens with one attached hydrogen (secondary N) is 2. The molecule has 1 heterocycles. The van der Waals surface area contributed by atoms with E-state index >= 15 is 0 Å². The molecule has 10 heteroatoms. The van der Waals surface area contributed by atoms with Gasteiger partial charge in [-0.15, -0.1) is 11.8 Å². The minimum atomic E-state index is -1.42. The van der Waals surface area contributed by atoms with Gasteiger partial charge in [-0.05, 0) is 68.4 Å². The number of aryl methyl sites for hydroxylation is 2. The van der Waals surface area contributed by atoms with Gasteiger partial charge in [0.05, 0.1) is 41.5 Å². The van der Waals surface area contributed by atoms with Crippen LogP contribution in [0.15, 0.2) is 36.4 Å². The van der Waals surface area contributed by atoms with E-state index in [2.05, 4.69) is 10.6 Å². The molecular weight excluding hydrogens is 508 g/mol. The summed E-state index contributed by atoms with van der Waals surface area (Å²) < 4.78 is 0. The van der Waals surface area contributed by atoms with E-state index in [9.17, 15) is 35.4 Å². The third kappa shape index (κ3) is 7.62. The van der Waals surface area contributed by atoms with Crippen LogP contribution in [0.2, 0.25) is 0 Å². The van der Waals surface area contributed by atoms with E-state index in [1.165, 1.54) is 0 Å². The first kappa shape index (κ1) is 30.2. The number of amides is 2. The monoisotopic (exact) mass is 548 g/mol. The molecular formula is C28H40N2O7S. The van der Waals surface area contributed by atoms with Gasteiger partial charge in [-0.2, -0.15) is 0 Å². The van der Waals surface area contributed by atoms with Crippen molar-refractivity contribution in [1.82, 2.24) is 10.6 Å². The Morgan fingerprint density at radius 1 is 1.00 bits per heavy atom. The Morgan fingerprint density at radius 2 is 1.66 bits per heavy atom. The van der Waals surface area contributed by atoms with E-state index < -0.39 is 34.4 Å². The fraction of sp³-hybridized carbons (Fsp3) is 0.536. The number of phenolic OH excluding ortho intramolecular Hbond substituents is 1. The molecule has 8 N–H and O–H groups in total. The maximum absolute atomic E-state index is 11.9. The number of phenols is 1. The Morgan fingerprint density at radius 3 is 2.29 bits per heavy atom. The SMILES string of the molecule is Cc1cc(O)c([C@@H]2S[C@H](CO)[C@@H](O)[C@H](O)[C@H]2O)cc1Cc1ccc(CCCNC(=O)NC(C)(C)CO)cc1. The van der Waals surface area contributed by atoms with Gasteiger partial charge >= 0.3 is 6.03 Å². The van der Waals surface area contributed by atoms with E-state index in [1.54, 1.807) is 19.9 Å². The summed E-state index contributed by atoms with van der Waals surface area (Å²) in [7, 11) is 0. The summed E-state index contributed by atoms with van der Waals surface area (Å²) in [5.41, 5.74) is 3.84. The molecule has 2 aromatic rings. The quantitative estimate of drug-likeness (QED) is 0.207. The highest BCUT2D eigenvalue weighted by atomic mass is 32.2. The zero-order valence-electron chi connectivity index (χ0n) is 22.1. The van der Waals surface area contributed by atoms with Crippen molar-refractivity contribution < 1.29 is 35.4 Å². The van der Waals surface area contributed by atoms with Gasteiger partial charge in [-0.1, -0.05) is 30.3 Å². The highest BCUT2D eigenvalue weighted by Crippen LogP contribution is 2.46. The molecule has 0 aliphatic carbocycles. The lowest BCUT2D eigenvalue weighted by molar-refractivity contribution is -0.0701. The molecule has 1 fully saturated rings. The molecule has 0 spiro atoms. The van der Waals surface area contributed by atoms with Crippen LogP contribution in [0.25, 0.3) is 0 Å². The summed E-state index contributed by atoms with van der Waals surface area (Å²) in [5, 5.41) is 64.6. The predicted octanol–water partition coefficient (Wildman–Crippen LogP) is 1.53. The second kappa shape index (κ2) is 13.1. The van der Waals surface area contributed by atoms with Crippen LogP contribution in [0.3, 0.4) is 0 Å². The first-order valence-electron chi connectivity index (χ1n) is 12.8. The maximum atomic E-state index is 11.9. The minimum Gasteiger partial charge on any atom is -0.508 e. The van der Waals surface area contributed by atoms with Crippen molar-refractivity contribution in [2.45, 2.75) is 74.4 Å². The third-order valence-electron chi connectivity index (χ3n) is 6.88. The largest absolute Gasteiger partial charge is 0.508 e. The molecule has 2 aromatic carbocycles. The van der Waals surface area contributed by atoms with Crippen LogP contribution in [0.5, 0.6) is 5.75 Å². The molecule has 5 atom stereocenters. The summed E-state index contributed by atoms with van der Waals surface area (Å²) in [6.07, 6.45) is -1.81. The standard InChI is InChI=1S/C28H40N2O7S/c1-16-11-21(33)20(26-25(36)24(35)23(34)22(14-31)38-26)13-19(16)12-18-8-6-17(7-9-18)5-4-10-29-27(37)30-28(2,3)15-32/h6-9,11,13,22-26,31-36H,4-5,10,12,14-15H2,1-3H3,(H2,29,30,37)/t22-,23-,24+,25-,26+/m1/s1. The summed E-state index contributed by atoms with van der Waals surface area (Å²) in [5.74, 6) is 0.000595. The highest BCUT2D eigenvalue weighted by Gasteiger charge is 2.44. The average Bonchev–Trinajstić information content (AvgIpc) is 2.88. The molecule has 38 heavy (non-hydrogen) atoms. The zero-order valence-corrected chi connectivity index (χ0v) is 22.9. The number of carbonyl (C=O) groups is 1. The van der Waals surface area contributed by atoms with Crippen molar-refractivity contribution in [3.05, 3.63) is 64.2 Å². The van der Waals surface area contributed by atoms with Gasteiger partial charge in [0, 0.05) is 12.1 Å². The van der Waals surface area contributed by atoms with Crippen LogP contribution in [0.4, 0.5) is 4.79 Å². The number of benzene rings is 2. The normalized spacial score (nSPS) is 23.7. The van der Waals surface area contributed by atoms with Gasteiger partial charge in [0.15, 0.2) is 0 Å². The summed E-state index contributed by atoms with van der Waals surface area (Å²) in [6, 6.07) is 11.3. The molecule has 0 bridgehead atoms. The molecule has 2 amide bonds. The Bertz CT molecular complexity index is 1080. The third-order valence-corrected chi connectivity index (χ3v) is 8.48. The summed E-state index contributed by atoms with van der Waals surface area (Å²) >= 11 is 1.14. The molecule has 210 valence electrons. The number of hydrogen-bond donors (Lipinski definition) is 8. The molecule has 0 aromatic heterocycles. The number of aliphatic hydroxyl groups excluding tert-OH is 5. The van der Waals surface area contributed by atoms with E-state index in [1.807, 2.05) is 37.3 Å². The van der Waals surface area contributed by atoms with Gasteiger partial charge in [0.25, 0.3) is 0 Å². The van der Waals surface area contributed by atoms with Crippen molar-refractivity contribution in [2.75, 3.05) is 19.8 Å². The topological polar surface area (TPSA) is 163 Å². The Kier molecular flexibility index (Phi) is 10.4. The second-order valence-corrected chi connectivity index (χ2v) is 12.0. The molecule has 1 aliphatic rings. The Balaban J connectivity index is 1.61. The van der Waals surface area contributed by atoms with E-state index in [0.29, 0.717) is 18.5 Å². The van der Waals surface area contributed by atoms with Crippen LogP contribution in [-0.2, 0) is 12.8 Å². The van der Waals surface area contributed by atoms with Gasteiger partial charge in [0.2, 0.25) is 0 Å². The number of aliphatic hydroxyl groups is 5. The lowest BCUT2D eigenvalue weighted by atomic mass is 9.92. The second-order valence-electron chi connectivity index (χ2n) is 10.6. The van der Waals surface area contributed by atoms with Gasteiger partial charge in [-0.25, -0.2) is 4.79 Å². The molecule has 0 unspecified atom stereocenters. The summed E-state index contributed by atoms with van der Waals surface area (Å²) in [4.78, 5) is 11.9. The van der Waals surface area contributed by atoms with Crippen LogP contribution >= 0.6 is 11.8 Å². The van der Waals surface area contributed by atoms with Crippen molar-refractivity contribution in [2.24, 2.45) is 0 Å². The summed E-state index contributed by atoms with van der Waals surface area (Å²) in [6.45, 7) is 5.40. The zero-order chi connectivity index (χ0) is 28.0. The molecule has 9 nitrogen and oxygen atoms in total. The molecule has 3 rings (SSSR count). The molecule has 0 saturated carbocycles. The van der Waals surface area contributed by atoms with Gasteiger partial charge in [0.1, 0.15) is 11.9 Å². The Labute approximate surface area is 227 Å². The molecule has 1 saturated heterocycles. The van der Waals surface area contributed by atoms with Crippen LogP contribution in [0, 0.1) is 6.92 Å². The smallest absolute Gasteiger partial charge is 0.315 e. The fourth-order valence-electron chi connectivity index (χ4n) is 4.46. The Hall–Kier alpha value is -2.34. The highest BCUT2D eigenvalue weighted by molar-refractivity contribution is 8.00. The minimum absolute atomic E-state index is 0.000595. The van der Waals surface area contributed by atoms with Crippen molar-refractivity contribution in [1.29, 1.82) is 0 Å². The molecule has 0 radical (unpaired) electrons. The lowest BCUT2D eigenvalue weighted by Crippen LogP contribution is -2.51. The van der Waals surface area contributed by atoms with Crippen molar-refractivity contribution in [3.8, 4) is 5.75 Å². The number of carbonyl (C=O) groups excluding carboxylic acids is 1. The maximum Gasteiger partial charge on any atom is 0.315 e. The van der Waals surface area contributed by atoms with Crippen molar-refractivity contribution in [3.63, 3.8) is 0 Å². The number of thioether (sulfide) groups is 1. The number of aromatic hydroxyl groups is 1. The predicted molar refractivity (Wildman–Crippen MR) is 147 cm³/mol. The lowest BCUT2D eigenvalue weighted by Gasteiger charge is -2.40. The van der Waals surface area contributed by atoms with E-state index in [4.69, 9.17) is 0 Å². The fourth-order valence-corrected chi connectivity index (χ4v) is 5.90. The van der Waals surface area contributed by atoms with Crippen LogP contribution < -0.4 is 10.6 Å². The first-order valence-corrected chi connectivity index (χ1v) is 13.8. The number of rotatable bonds is 10. The van der Waals surface area contributed by atoms with E-state index in [-0.39, 0.29) is 25.0 Å². The van der Waals surface area contributed by atoms with Gasteiger partial charge in [-0.3, -0.25) is 0 Å². The first-order chi connectivity index (χ1) is 18.0. The molecule has 1 aliphatic heterocycles. The van der Waals surface area contributed by atoms with Crippen LogP contribution in [0.1, 0.15) is 53.3 Å². The average molecular weight is 549 g/mol.